The SMILES string of the molecule is CC1=CC(C)CCN(C)C1C. The van der Waals surface area contributed by atoms with Gasteiger partial charge in [0.05, 0.1) is 0 Å². The molecule has 64 valence electrons. The Hall–Kier alpha value is -0.300. The van der Waals surface area contributed by atoms with Crippen molar-refractivity contribution in [2.24, 2.45) is 5.92 Å². The van der Waals surface area contributed by atoms with Gasteiger partial charge in [-0.15, -0.1) is 0 Å². The van der Waals surface area contributed by atoms with Crippen LogP contribution in [0.1, 0.15) is 27.2 Å². The second-order valence-electron chi connectivity index (χ2n) is 3.83. The van der Waals surface area contributed by atoms with Crippen molar-refractivity contribution >= 4 is 0 Å². The summed E-state index contributed by atoms with van der Waals surface area (Å²) < 4.78 is 0. The first-order valence-electron chi connectivity index (χ1n) is 4.50. The van der Waals surface area contributed by atoms with Gasteiger partial charge in [-0.3, -0.25) is 4.90 Å². The molecule has 0 bridgehead atoms. The van der Waals surface area contributed by atoms with Crippen LogP contribution in [-0.2, 0) is 0 Å². The number of hydrogen-bond donors (Lipinski definition) is 0. The maximum absolute atomic E-state index is 2.43. The van der Waals surface area contributed by atoms with Crippen molar-refractivity contribution in [3.05, 3.63) is 11.6 Å². The van der Waals surface area contributed by atoms with Gasteiger partial charge in [-0.05, 0) is 39.8 Å². The van der Waals surface area contributed by atoms with Crippen LogP contribution in [0.25, 0.3) is 0 Å². The molecule has 1 aliphatic heterocycles. The average molecular weight is 153 g/mol. The number of nitrogens with zero attached hydrogens (tertiary/aromatic N) is 1. The lowest BCUT2D eigenvalue weighted by Crippen LogP contribution is -2.29. The monoisotopic (exact) mass is 153 g/mol. The Morgan fingerprint density at radius 2 is 2.09 bits per heavy atom. The number of rotatable bonds is 0. The lowest BCUT2D eigenvalue weighted by molar-refractivity contribution is 0.285. The molecule has 0 aromatic carbocycles. The third kappa shape index (κ3) is 2.06. The Bertz CT molecular complexity index is 160. The molecule has 0 aromatic heterocycles. The van der Waals surface area contributed by atoms with Crippen LogP contribution in [0.3, 0.4) is 0 Å². The Kier molecular flexibility index (Phi) is 2.72. The Balaban J connectivity index is 2.71. The molecule has 11 heavy (non-hydrogen) atoms. The summed E-state index contributed by atoms with van der Waals surface area (Å²) in [7, 11) is 2.21. The van der Waals surface area contributed by atoms with E-state index in [1.807, 2.05) is 0 Å². The molecular formula is C10H19N. The minimum absolute atomic E-state index is 0.639. The normalized spacial score (nSPS) is 34.7. The van der Waals surface area contributed by atoms with E-state index >= 15 is 0 Å². The van der Waals surface area contributed by atoms with E-state index in [-0.39, 0.29) is 0 Å². The summed E-state index contributed by atoms with van der Waals surface area (Å²) in [6.45, 7) is 8.05. The van der Waals surface area contributed by atoms with E-state index in [9.17, 15) is 0 Å². The predicted octanol–water partition coefficient (Wildman–Crippen LogP) is 2.29. The summed E-state index contributed by atoms with van der Waals surface area (Å²) in [5.41, 5.74) is 1.53. The standard InChI is InChI=1S/C10H19N/c1-8-5-6-11(4)10(3)9(2)7-8/h7-8,10H,5-6H2,1-4H3. The summed E-state index contributed by atoms with van der Waals surface area (Å²) >= 11 is 0. The molecule has 0 amide bonds. The van der Waals surface area contributed by atoms with Crippen molar-refractivity contribution in [3.63, 3.8) is 0 Å². The minimum atomic E-state index is 0.639. The molecule has 2 unspecified atom stereocenters. The molecule has 0 fully saturated rings. The maximum atomic E-state index is 2.43. The predicted molar refractivity (Wildman–Crippen MR) is 49.6 cm³/mol. The fourth-order valence-corrected chi connectivity index (χ4v) is 1.62. The minimum Gasteiger partial charge on any atom is -0.300 e. The molecule has 0 N–H and O–H groups in total. The van der Waals surface area contributed by atoms with Gasteiger partial charge in [0.25, 0.3) is 0 Å². The Morgan fingerprint density at radius 1 is 1.45 bits per heavy atom. The molecule has 1 heteroatoms. The lowest BCUT2D eigenvalue weighted by Gasteiger charge is -2.22. The maximum Gasteiger partial charge on any atom is 0.0273 e. The molecule has 1 rings (SSSR count). The number of likely N-dealkylation sites (N-methyl/N-ethyl adjacent to an activating group) is 1. The summed E-state index contributed by atoms with van der Waals surface area (Å²) in [4.78, 5) is 2.43. The first-order valence-corrected chi connectivity index (χ1v) is 4.50. The van der Waals surface area contributed by atoms with Gasteiger partial charge in [-0.25, -0.2) is 0 Å². The fourth-order valence-electron chi connectivity index (χ4n) is 1.62. The van der Waals surface area contributed by atoms with Gasteiger partial charge in [0, 0.05) is 6.04 Å². The van der Waals surface area contributed by atoms with Crippen molar-refractivity contribution in [1.82, 2.24) is 4.90 Å². The molecule has 1 heterocycles. The van der Waals surface area contributed by atoms with Crippen LogP contribution in [-0.4, -0.2) is 24.5 Å². The zero-order chi connectivity index (χ0) is 8.43. The van der Waals surface area contributed by atoms with E-state index in [4.69, 9.17) is 0 Å². The molecule has 1 aliphatic rings. The highest BCUT2D eigenvalue weighted by Gasteiger charge is 2.15. The van der Waals surface area contributed by atoms with E-state index in [1.165, 1.54) is 18.5 Å². The summed E-state index contributed by atoms with van der Waals surface area (Å²) in [6, 6.07) is 0.639. The first-order chi connectivity index (χ1) is 5.11. The molecular weight excluding hydrogens is 134 g/mol. The Morgan fingerprint density at radius 3 is 2.73 bits per heavy atom. The van der Waals surface area contributed by atoms with Crippen LogP contribution in [0.5, 0.6) is 0 Å². The highest BCUT2D eigenvalue weighted by molar-refractivity contribution is 5.09. The van der Waals surface area contributed by atoms with Gasteiger partial charge >= 0.3 is 0 Å². The highest BCUT2D eigenvalue weighted by atomic mass is 15.1. The van der Waals surface area contributed by atoms with Gasteiger partial charge in [-0.1, -0.05) is 18.6 Å². The second kappa shape index (κ2) is 3.40. The summed E-state index contributed by atoms with van der Waals surface area (Å²) in [5, 5.41) is 0. The number of hydrogen-bond acceptors (Lipinski definition) is 1. The van der Waals surface area contributed by atoms with Crippen LogP contribution >= 0.6 is 0 Å². The lowest BCUT2D eigenvalue weighted by atomic mass is 10.0. The van der Waals surface area contributed by atoms with E-state index in [0.717, 1.165) is 5.92 Å². The quantitative estimate of drug-likeness (QED) is 0.483. The molecule has 0 saturated heterocycles. The zero-order valence-corrected chi connectivity index (χ0v) is 8.09. The van der Waals surface area contributed by atoms with Crippen molar-refractivity contribution in [1.29, 1.82) is 0 Å². The second-order valence-corrected chi connectivity index (χ2v) is 3.83. The zero-order valence-electron chi connectivity index (χ0n) is 8.09. The molecule has 0 aliphatic carbocycles. The van der Waals surface area contributed by atoms with Crippen LogP contribution in [0, 0.1) is 5.92 Å². The van der Waals surface area contributed by atoms with Gasteiger partial charge in [0.15, 0.2) is 0 Å². The van der Waals surface area contributed by atoms with E-state index in [0.29, 0.717) is 6.04 Å². The topological polar surface area (TPSA) is 3.24 Å². The van der Waals surface area contributed by atoms with Gasteiger partial charge in [0.1, 0.15) is 0 Å². The number of allylic oxidation sites excluding steroid dienone is 1. The van der Waals surface area contributed by atoms with Gasteiger partial charge in [-0.2, -0.15) is 0 Å². The summed E-state index contributed by atoms with van der Waals surface area (Å²) in [6.07, 6.45) is 3.71. The van der Waals surface area contributed by atoms with Crippen molar-refractivity contribution in [3.8, 4) is 0 Å². The van der Waals surface area contributed by atoms with Crippen molar-refractivity contribution in [2.75, 3.05) is 13.6 Å². The van der Waals surface area contributed by atoms with Crippen LogP contribution in [0.15, 0.2) is 11.6 Å². The van der Waals surface area contributed by atoms with Gasteiger partial charge < -0.3 is 0 Å². The molecule has 0 radical (unpaired) electrons. The first kappa shape index (κ1) is 8.79. The van der Waals surface area contributed by atoms with Crippen LogP contribution in [0.2, 0.25) is 0 Å². The van der Waals surface area contributed by atoms with Crippen LogP contribution in [0.4, 0.5) is 0 Å². The van der Waals surface area contributed by atoms with Gasteiger partial charge in [0.2, 0.25) is 0 Å². The highest BCUT2D eigenvalue weighted by Crippen LogP contribution is 2.18. The largest absolute Gasteiger partial charge is 0.300 e. The van der Waals surface area contributed by atoms with E-state index in [2.05, 4.69) is 38.8 Å². The average Bonchev–Trinajstić information content (AvgIpc) is 2.05. The van der Waals surface area contributed by atoms with Crippen molar-refractivity contribution in [2.45, 2.75) is 33.2 Å². The molecule has 1 nitrogen and oxygen atoms in total. The molecule has 0 aromatic rings. The van der Waals surface area contributed by atoms with Crippen LogP contribution < -0.4 is 0 Å². The molecule has 0 spiro atoms. The fraction of sp³-hybridized carbons (Fsp3) is 0.800. The van der Waals surface area contributed by atoms with E-state index in [1.54, 1.807) is 0 Å². The third-order valence-corrected chi connectivity index (χ3v) is 2.80. The molecule has 2 atom stereocenters. The van der Waals surface area contributed by atoms with E-state index < -0.39 is 0 Å². The smallest absolute Gasteiger partial charge is 0.0273 e. The van der Waals surface area contributed by atoms with Crippen molar-refractivity contribution < 1.29 is 0 Å². The molecule has 0 saturated carbocycles. The summed E-state index contributed by atoms with van der Waals surface area (Å²) in [5.74, 6) is 0.766. The Labute approximate surface area is 70.1 Å². The third-order valence-electron chi connectivity index (χ3n) is 2.80.